The van der Waals surface area contributed by atoms with Gasteiger partial charge in [-0.1, -0.05) is 0 Å². The van der Waals surface area contributed by atoms with Crippen molar-refractivity contribution < 1.29 is 22.7 Å². The van der Waals surface area contributed by atoms with Crippen molar-refractivity contribution in [2.45, 2.75) is 31.8 Å². The Morgan fingerprint density at radius 3 is 2.82 bits per heavy atom. The number of nitrogens with one attached hydrogen (secondary N) is 1. The highest BCUT2D eigenvalue weighted by molar-refractivity contribution is 7.89. The molecule has 11 heteroatoms. The van der Waals surface area contributed by atoms with Gasteiger partial charge in [-0.3, -0.25) is 19.2 Å². The minimum absolute atomic E-state index is 0.107. The number of sulfonamides is 1. The van der Waals surface area contributed by atoms with Gasteiger partial charge in [0.2, 0.25) is 10.0 Å². The maximum atomic E-state index is 12.9. The summed E-state index contributed by atoms with van der Waals surface area (Å²) in [7, 11) is -0.390. The quantitative estimate of drug-likeness (QED) is 0.602. The van der Waals surface area contributed by atoms with Crippen LogP contribution < -0.4 is 5.32 Å². The van der Waals surface area contributed by atoms with E-state index in [1.807, 2.05) is 11.8 Å². The van der Waals surface area contributed by atoms with Gasteiger partial charge in [-0.15, -0.1) is 0 Å². The van der Waals surface area contributed by atoms with Crippen molar-refractivity contribution in [1.82, 2.24) is 24.3 Å². The molecule has 0 spiro atoms. The number of aromatic nitrogens is 2. The molecule has 0 bridgehead atoms. The Labute approximate surface area is 164 Å². The second-order valence-electron chi connectivity index (χ2n) is 7.28. The Morgan fingerprint density at radius 2 is 2.18 bits per heavy atom. The van der Waals surface area contributed by atoms with E-state index < -0.39 is 22.0 Å². The van der Waals surface area contributed by atoms with E-state index in [1.165, 1.54) is 11.8 Å². The van der Waals surface area contributed by atoms with Gasteiger partial charge in [-0.2, -0.15) is 5.10 Å². The van der Waals surface area contributed by atoms with Crippen LogP contribution in [0.5, 0.6) is 0 Å². The van der Waals surface area contributed by atoms with E-state index in [-0.39, 0.29) is 30.8 Å². The SMILES string of the molecule is COCCCN1C(=O)[C@@H]2C[C@H](NC(=O)c3cc(C)nn3C)CN2CCS1(=O)=O. The number of carbonyl (C=O) groups is 2. The van der Waals surface area contributed by atoms with E-state index in [1.54, 1.807) is 13.1 Å². The maximum absolute atomic E-state index is 12.9. The van der Waals surface area contributed by atoms with Gasteiger partial charge in [0.1, 0.15) is 5.69 Å². The molecule has 0 aromatic carbocycles. The summed E-state index contributed by atoms with van der Waals surface area (Å²) < 4.78 is 32.4. The molecule has 2 amide bonds. The van der Waals surface area contributed by atoms with Crippen LogP contribution in [0.15, 0.2) is 6.07 Å². The number of aryl methyl sites for hydroxylation is 2. The number of ether oxygens (including phenoxy) is 1. The Kier molecular flexibility index (Phi) is 6.06. The molecule has 1 N–H and O–H groups in total. The van der Waals surface area contributed by atoms with Crippen molar-refractivity contribution in [2.24, 2.45) is 7.05 Å². The van der Waals surface area contributed by atoms with Crippen LogP contribution in [0.25, 0.3) is 0 Å². The number of hydrogen-bond donors (Lipinski definition) is 1. The lowest BCUT2D eigenvalue weighted by Gasteiger charge is -2.23. The van der Waals surface area contributed by atoms with Gasteiger partial charge in [-0.25, -0.2) is 12.7 Å². The summed E-state index contributed by atoms with van der Waals surface area (Å²) >= 11 is 0. The number of nitrogens with zero attached hydrogens (tertiary/aromatic N) is 4. The van der Waals surface area contributed by atoms with Crippen molar-refractivity contribution in [3.8, 4) is 0 Å². The monoisotopic (exact) mass is 413 g/mol. The highest BCUT2D eigenvalue weighted by Gasteiger charge is 2.45. The average molecular weight is 414 g/mol. The highest BCUT2D eigenvalue weighted by atomic mass is 32.2. The number of fused-ring (bicyclic) bond motifs is 1. The fourth-order valence-corrected chi connectivity index (χ4v) is 5.33. The van der Waals surface area contributed by atoms with E-state index >= 15 is 0 Å². The van der Waals surface area contributed by atoms with Gasteiger partial charge in [-0.05, 0) is 25.8 Å². The predicted octanol–water partition coefficient (Wildman–Crippen LogP) is -0.890. The fourth-order valence-electron chi connectivity index (χ4n) is 3.84. The largest absolute Gasteiger partial charge is 0.385 e. The minimum Gasteiger partial charge on any atom is -0.385 e. The lowest BCUT2D eigenvalue weighted by atomic mass is 10.1. The Morgan fingerprint density at radius 1 is 1.43 bits per heavy atom. The van der Waals surface area contributed by atoms with Gasteiger partial charge in [0, 0.05) is 46.4 Å². The van der Waals surface area contributed by atoms with Crippen molar-refractivity contribution in [2.75, 3.05) is 39.1 Å². The zero-order valence-electron chi connectivity index (χ0n) is 16.4. The van der Waals surface area contributed by atoms with Gasteiger partial charge in [0.05, 0.1) is 17.5 Å². The van der Waals surface area contributed by atoms with E-state index in [4.69, 9.17) is 4.74 Å². The van der Waals surface area contributed by atoms with Crippen LogP contribution in [0.1, 0.15) is 29.0 Å². The molecule has 2 atom stereocenters. The number of carbonyl (C=O) groups excluding carboxylic acids is 2. The molecule has 10 nitrogen and oxygen atoms in total. The van der Waals surface area contributed by atoms with Crippen molar-refractivity contribution in [3.05, 3.63) is 17.5 Å². The topological polar surface area (TPSA) is 114 Å². The zero-order valence-corrected chi connectivity index (χ0v) is 17.2. The van der Waals surface area contributed by atoms with E-state index in [2.05, 4.69) is 10.4 Å². The third-order valence-electron chi connectivity index (χ3n) is 5.19. The van der Waals surface area contributed by atoms with Crippen LogP contribution >= 0.6 is 0 Å². The van der Waals surface area contributed by atoms with Crippen LogP contribution in [-0.4, -0.2) is 90.4 Å². The lowest BCUT2D eigenvalue weighted by Crippen LogP contribution is -2.44. The number of rotatable bonds is 6. The number of methoxy groups -OCH3 is 1. The van der Waals surface area contributed by atoms with Gasteiger partial charge in [0.15, 0.2) is 0 Å². The highest BCUT2D eigenvalue weighted by Crippen LogP contribution is 2.25. The zero-order chi connectivity index (χ0) is 20.5. The van der Waals surface area contributed by atoms with Crippen LogP contribution in [-0.2, 0) is 26.6 Å². The van der Waals surface area contributed by atoms with Crippen molar-refractivity contribution >= 4 is 21.8 Å². The summed E-state index contributed by atoms with van der Waals surface area (Å²) in [5.74, 6) is -0.770. The predicted molar refractivity (Wildman–Crippen MR) is 101 cm³/mol. The summed E-state index contributed by atoms with van der Waals surface area (Å²) in [5.41, 5.74) is 1.20. The molecule has 2 aliphatic rings. The molecule has 2 aliphatic heterocycles. The third-order valence-corrected chi connectivity index (χ3v) is 6.92. The second kappa shape index (κ2) is 8.18. The van der Waals surface area contributed by atoms with E-state index in [9.17, 15) is 18.0 Å². The molecule has 1 aromatic rings. The summed E-state index contributed by atoms with van der Waals surface area (Å²) in [4.78, 5) is 27.3. The first kappa shape index (κ1) is 20.7. The fraction of sp³-hybridized carbons (Fsp3) is 0.706. The Bertz CT molecular complexity index is 852. The van der Waals surface area contributed by atoms with Gasteiger partial charge < -0.3 is 10.1 Å². The lowest BCUT2D eigenvalue weighted by molar-refractivity contribution is -0.130. The summed E-state index contributed by atoms with van der Waals surface area (Å²) in [6, 6.07) is 0.939. The second-order valence-corrected chi connectivity index (χ2v) is 9.30. The first-order chi connectivity index (χ1) is 13.2. The molecule has 0 saturated carbocycles. The average Bonchev–Trinajstić information content (AvgIpc) is 3.16. The van der Waals surface area contributed by atoms with Crippen molar-refractivity contribution in [3.63, 3.8) is 0 Å². The number of hydrogen-bond acceptors (Lipinski definition) is 7. The molecule has 0 aliphatic carbocycles. The Hall–Kier alpha value is -1.98. The van der Waals surface area contributed by atoms with Gasteiger partial charge >= 0.3 is 0 Å². The third kappa shape index (κ3) is 4.20. The molecule has 28 heavy (non-hydrogen) atoms. The molecular formula is C17H27N5O5S. The molecule has 156 valence electrons. The summed E-state index contributed by atoms with van der Waals surface area (Å²) in [6.45, 7) is 3.03. The normalized spacial score (nSPS) is 24.8. The summed E-state index contributed by atoms with van der Waals surface area (Å²) in [6.07, 6.45) is 0.839. The van der Waals surface area contributed by atoms with Crippen LogP contribution in [0.2, 0.25) is 0 Å². The van der Waals surface area contributed by atoms with Gasteiger partial charge in [0.25, 0.3) is 11.8 Å². The van der Waals surface area contributed by atoms with Crippen LogP contribution in [0, 0.1) is 6.92 Å². The smallest absolute Gasteiger partial charge is 0.269 e. The van der Waals surface area contributed by atoms with E-state index in [0.29, 0.717) is 31.7 Å². The molecule has 0 unspecified atom stereocenters. The van der Waals surface area contributed by atoms with Crippen LogP contribution in [0.4, 0.5) is 0 Å². The molecular weight excluding hydrogens is 386 g/mol. The maximum Gasteiger partial charge on any atom is 0.269 e. The van der Waals surface area contributed by atoms with E-state index in [0.717, 1.165) is 10.00 Å². The minimum atomic E-state index is -3.63. The molecule has 0 radical (unpaired) electrons. The van der Waals surface area contributed by atoms with Crippen LogP contribution in [0.3, 0.4) is 0 Å². The first-order valence-electron chi connectivity index (χ1n) is 9.31. The molecule has 3 heterocycles. The standard InChI is InChI=1S/C17H27N5O5S/c1-12-9-14(20(2)19-12)16(23)18-13-10-15-17(24)22(5-4-7-27-3)28(25,26)8-6-21(15)11-13/h9,13,15H,4-8,10-11H2,1-3H3,(H,18,23)/t13-,15-/m0/s1. The van der Waals surface area contributed by atoms with Crippen molar-refractivity contribution in [1.29, 1.82) is 0 Å². The number of amides is 2. The molecule has 1 aromatic heterocycles. The molecule has 2 saturated heterocycles. The summed E-state index contributed by atoms with van der Waals surface area (Å²) in [5, 5.41) is 7.13. The molecule has 3 rings (SSSR count). The Balaban J connectivity index is 1.69. The molecule has 2 fully saturated rings. The first-order valence-corrected chi connectivity index (χ1v) is 10.9.